The molecule has 8 nitrogen and oxygen atoms in total. The molecule has 11 heteroatoms. The van der Waals surface area contributed by atoms with Crippen LogP contribution in [0.3, 0.4) is 0 Å². The molecule has 2 aromatic rings. The Morgan fingerprint density at radius 1 is 1.08 bits per heavy atom. The number of nitro groups is 1. The third-order valence-electron chi connectivity index (χ3n) is 4.03. The lowest BCUT2D eigenvalue weighted by atomic mass is 10.3. The fourth-order valence-corrected chi connectivity index (χ4v) is 4.14. The highest BCUT2D eigenvalue weighted by molar-refractivity contribution is 7.89. The highest BCUT2D eigenvalue weighted by Gasteiger charge is 2.31. The smallest absolute Gasteiger partial charge is 0.311 e. The molecule has 0 saturated carbocycles. The minimum Gasteiger partial charge on any atom is -0.348 e. The molecule has 1 saturated heterocycles. The van der Waals surface area contributed by atoms with Crippen LogP contribution in [0.4, 0.5) is 20.3 Å². The van der Waals surface area contributed by atoms with E-state index in [4.69, 9.17) is 0 Å². The number of hydrogen-bond acceptors (Lipinski definition) is 6. The summed E-state index contributed by atoms with van der Waals surface area (Å²) in [5.41, 5.74) is -0.163. The Bertz CT molecular complexity index is 946. The summed E-state index contributed by atoms with van der Waals surface area (Å²) < 4.78 is 52.6. The lowest BCUT2D eigenvalue weighted by Crippen LogP contribution is -2.49. The van der Waals surface area contributed by atoms with Crippen molar-refractivity contribution in [3.63, 3.8) is 0 Å². The Morgan fingerprint density at radius 2 is 1.77 bits per heavy atom. The van der Waals surface area contributed by atoms with Crippen molar-refractivity contribution in [1.29, 1.82) is 0 Å². The zero-order valence-electron chi connectivity index (χ0n) is 13.4. The van der Waals surface area contributed by atoms with Crippen LogP contribution in [0.2, 0.25) is 0 Å². The molecule has 0 unspecified atom stereocenters. The van der Waals surface area contributed by atoms with Gasteiger partial charge in [0.25, 0.3) is 0 Å². The van der Waals surface area contributed by atoms with Crippen LogP contribution >= 0.6 is 0 Å². The number of benzene rings is 1. The topological polar surface area (TPSA) is 96.7 Å². The number of piperazine rings is 1. The maximum Gasteiger partial charge on any atom is 0.311 e. The van der Waals surface area contributed by atoms with Gasteiger partial charge in [-0.2, -0.15) is 4.31 Å². The summed E-state index contributed by atoms with van der Waals surface area (Å²) >= 11 is 0. The Kier molecular flexibility index (Phi) is 4.83. The van der Waals surface area contributed by atoms with E-state index in [1.807, 2.05) is 0 Å². The maximum atomic E-state index is 13.3. The second-order valence-electron chi connectivity index (χ2n) is 5.57. The molecule has 26 heavy (non-hydrogen) atoms. The molecule has 0 bridgehead atoms. The number of sulfonamides is 1. The molecule has 3 rings (SSSR count). The Labute approximate surface area is 147 Å². The van der Waals surface area contributed by atoms with Crippen LogP contribution in [0.25, 0.3) is 0 Å². The molecule has 1 aromatic heterocycles. The van der Waals surface area contributed by atoms with Crippen molar-refractivity contribution in [3.05, 3.63) is 58.3 Å². The van der Waals surface area contributed by atoms with Gasteiger partial charge in [0, 0.05) is 38.4 Å². The first-order valence-electron chi connectivity index (χ1n) is 7.60. The van der Waals surface area contributed by atoms with E-state index in [9.17, 15) is 27.3 Å². The molecule has 0 spiro atoms. The number of halogens is 2. The Hall–Kier alpha value is -2.66. The van der Waals surface area contributed by atoms with Crippen molar-refractivity contribution in [2.24, 2.45) is 0 Å². The van der Waals surface area contributed by atoms with E-state index in [2.05, 4.69) is 4.98 Å². The summed E-state index contributed by atoms with van der Waals surface area (Å²) in [6.45, 7) is 0.436. The molecule has 0 aliphatic carbocycles. The number of nitrogens with zero attached hydrogens (tertiary/aromatic N) is 4. The minimum atomic E-state index is -3.99. The quantitative estimate of drug-likeness (QED) is 0.589. The van der Waals surface area contributed by atoms with E-state index in [-0.39, 0.29) is 42.6 Å². The zero-order valence-corrected chi connectivity index (χ0v) is 14.2. The van der Waals surface area contributed by atoms with E-state index in [1.54, 1.807) is 4.90 Å². The average Bonchev–Trinajstić information content (AvgIpc) is 2.64. The summed E-state index contributed by atoms with van der Waals surface area (Å²) in [4.78, 5) is 15.8. The van der Waals surface area contributed by atoms with Crippen LogP contribution < -0.4 is 4.90 Å². The molecule has 0 N–H and O–H groups in total. The molecule has 0 radical (unpaired) electrons. The van der Waals surface area contributed by atoms with E-state index in [1.165, 1.54) is 18.3 Å². The first-order valence-corrected chi connectivity index (χ1v) is 9.04. The van der Waals surface area contributed by atoms with E-state index >= 15 is 0 Å². The molecular weight excluding hydrogens is 370 g/mol. The Morgan fingerprint density at radius 3 is 2.38 bits per heavy atom. The van der Waals surface area contributed by atoms with Gasteiger partial charge in [0.1, 0.15) is 0 Å². The monoisotopic (exact) mass is 384 g/mol. The van der Waals surface area contributed by atoms with Gasteiger partial charge in [-0.15, -0.1) is 0 Å². The van der Waals surface area contributed by atoms with Gasteiger partial charge in [0.15, 0.2) is 11.6 Å². The third-order valence-corrected chi connectivity index (χ3v) is 5.92. The Balaban J connectivity index is 1.78. The lowest BCUT2D eigenvalue weighted by Gasteiger charge is -2.34. The van der Waals surface area contributed by atoms with Gasteiger partial charge in [-0.1, -0.05) is 0 Å². The van der Waals surface area contributed by atoms with Crippen LogP contribution in [0, 0.1) is 21.7 Å². The van der Waals surface area contributed by atoms with Gasteiger partial charge < -0.3 is 4.90 Å². The number of pyridine rings is 1. The largest absolute Gasteiger partial charge is 0.348 e. The van der Waals surface area contributed by atoms with Crippen molar-refractivity contribution in [2.45, 2.75) is 4.90 Å². The molecule has 138 valence electrons. The van der Waals surface area contributed by atoms with Crippen LogP contribution in [-0.4, -0.2) is 48.8 Å². The fraction of sp³-hybridized carbons (Fsp3) is 0.267. The second-order valence-corrected chi connectivity index (χ2v) is 7.51. The van der Waals surface area contributed by atoms with Crippen molar-refractivity contribution in [3.8, 4) is 0 Å². The van der Waals surface area contributed by atoms with Gasteiger partial charge in [0.05, 0.1) is 9.82 Å². The van der Waals surface area contributed by atoms with E-state index in [0.29, 0.717) is 6.07 Å². The molecule has 1 aliphatic rings. The molecule has 2 heterocycles. The van der Waals surface area contributed by atoms with Gasteiger partial charge in [-0.25, -0.2) is 22.2 Å². The first-order chi connectivity index (χ1) is 12.3. The molecule has 0 amide bonds. The molecule has 1 aliphatic heterocycles. The predicted octanol–water partition coefficient (Wildman–Crippen LogP) is 1.78. The lowest BCUT2D eigenvalue weighted by molar-refractivity contribution is -0.384. The van der Waals surface area contributed by atoms with Crippen LogP contribution in [0.5, 0.6) is 0 Å². The van der Waals surface area contributed by atoms with Gasteiger partial charge in [0.2, 0.25) is 15.8 Å². The number of hydrogen-bond donors (Lipinski definition) is 0. The van der Waals surface area contributed by atoms with Crippen molar-refractivity contribution >= 4 is 21.5 Å². The zero-order chi connectivity index (χ0) is 18.9. The SMILES string of the molecule is O=[N+]([O-])c1cccnc1N1CCN(S(=O)(=O)c2ccc(F)c(F)c2)CC1. The van der Waals surface area contributed by atoms with Crippen LogP contribution in [-0.2, 0) is 10.0 Å². The summed E-state index contributed by atoms with van der Waals surface area (Å²) in [5.74, 6) is -2.20. The fourth-order valence-electron chi connectivity index (χ4n) is 2.70. The van der Waals surface area contributed by atoms with Crippen LogP contribution in [0.15, 0.2) is 41.4 Å². The molecular formula is C15H14F2N4O4S. The predicted molar refractivity (Wildman–Crippen MR) is 88.2 cm³/mol. The van der Waals surface area contributed by atoms with Gasteiger partial charge in [-0.05, 0) is 24.3 Å². The highest BCUT2D eigenvalue weighted by Crippen LogP contribution is 2.27. The second kappa shape index (κ2) is 6.92. The molecule has 0 atom stereocenters. The number of anilines is 1. The van der Waals surface area contributed by atoms with Crippen molar-refractivity contribution in [1.82, 2.24) is 9.29 Å². The average molecular weight is 384 g/mol. The highest BCUT2D eigenvalue weighted by atomic mass is 32.2. The van der Waals surface area contributed by atoms with Crippen LogP contribution in [0.1, 0.15) is 0 Å². The number of rotatable bonds is 4. The third kappa shape index (κ3) is 3.35. The van der Waals surface area contributed by atoms with E-state index < -0.39 is 26.6 Å². The number of aromatic nitrogens is 1. The minimum absolute atomic E-state index is 0.0368. The first kappa shape index (κ1) is 18.1. The van der Waals surface area contributed by atoms with E-state index in [0.717, 1.165) is 16.4 Å². The summed E-state index contributed by atoms with van der Waals surface area (Å²) in [6, 6.07) is 5.18. The summed E-state index contributed by atoms with van der Waals surface area (Å²) in [5, 5.41) is 11.1. The van der Waals surface area contributed by atoms with Crippen molar-refractivity contribution < 1.29 is 22.1 Å². The van der Waals surface area contributed by atoms with Crippen molar-refractivity contribution in [2.75, 3.05) is 31.1 Å². The molecule has 1 fully saturated rings. The summed E-state index contributed by atoms with van der Waals surface area (Å²) in [6.07, 6.45) is 1.42. The van der Waals surface area contributed by atoms with Gasteiger partial charge in [-0.3, -0.25) is 10.1 Å². The standard InChI is InChI=1S/C15H14F2N4O4S/c16-12-4-3-11(10-13(12)17)26(24,25)20-8-6-19(7-9-20)15-14(21(22)23)2-1-5-18-15/h1-5,10H,6-9H2. The molecule has 1 aromatic carbocycles. The normalized spacial score (nSPS) is 15.8. The van der Waals surface area contributed by atoms with Gasteiger partial charge >= 0.3 is 5.69 Å². The summed E-state index contributed by atoms with van der Waals surface area (Å²) in [7, 11) is -3.99. The maximum absolute atomic E-state index is 13.3.